The van der Waals surface area contributed by atoms with Gasteiger partial charge in [-0.3, -0.25) is 9.58 Å². The fourth-order valence-corrected chi connectivity index (χ4v) is 3.20. The zero-order chi connectivity index (χ0) is 14.8. The number of aromatic nitrogens is 4. The number of likely N-dealkylation sites (tertiary alicyclic amines) is 1. The van der Waals surface area contributed by atoms with Crippen LogP contribution >= 0.6 is 0 Å². The van der Waals surface area contributed by atoms with Crippen LogP contribution in [0.3, 0.4) is 0 Å². The molecule has 1 saturated heterocycles. The van der Waals surface area contributed by atoms with Crippen LogP contribution < -0.4 is 0 Å². The summed E-state index contributed by atoms with van der Waals surface area (Å²) in [7, 11) is 1.98. The molecule has 1 atom stereocenters. The smallest absolute Gasteiger partial charge is 0.125 e. The van der Waals surface area contributed by atoms with E-state index in [-0.39, 0.29) is 0 Å². The molecule has 1 aliphatic rings. The largest absolute Gasteiger partial charge is 0.290 e. The lowest BCUT2D eigenvalue weighted by atomic mass is 9.98. The van der Waals surface area contributed by atoms with Crippen LogP contribution in [0, 0.1) is 13.8 Å². The van der Waals surface area contributed by atoms with Crippen molar-refractivity contribution < 1.29 is 0 Å². The molecule has 112 valence electrons. The second-order valence-electron chi connectivity index (χ2n) is 5.92. The van der Waals surface area contributed by atoms with E-state index in [0.29, 0.717) is 6.04 Å². The van der Waals surface area contributed by atoms with Crippen LogP contribution in [-0.2, 0) is 13.6 Å². The second-order valence-corrected chi connectivity index (χ2v) is 5.92. The van der Waals surface area contributed by atoms with Gasteiger partial charge in [0.2, 0.25) is 0 Å². The minimum atomic E-state index is 0.403. The molecule has 0 N–H and O–H groups in total. The summed E-state index contributed by atoms with van der Waals surface area (Å²) < 4.78 is 1.90. The van der Waals surface area contributed by atoms with E-state index in [1.54, 1.807) is 0 Å². The Bertz CT molecular complexity index is 619. The molecule has 5 heteroatoms. The van der Waals surface area contributed by atoms with Gasteiger partial charge in [0.05, 0.1) is 17.4 Å². The van der Waals surface area contributed by atoms with Crippen molar-refractivity contribution in [3.05, 3.63) is 41.2 Å². The van der Waals surface area contributed by atoms with E-state index in [2.05, 4.69) is 39.2 Å². The van der Waals surface area contributed by atoms with Crippen molar-refractivity contribution in [2.75, 3.05) is 6.54 Å². The molecule has 0 aromatic carbocycles. The Morgan fingerprint density at radius 3 is 2.86 bits per heavy atom. The van der Waals surface area contributed by atoms with Crippen LogP contribution in [0.4, 0.5) is 0 Å². The predicted octanol–water partition coefficient (Wildman–Crippen LogP) is 2.55. The van der Waals surface area contributed by atoms with Gasteiger partial charge in [-0.1, -0.05) is 6.42 Å². The molecule has 3 rings (SSSR count). The Hall–Kier alpha value is -1.75. The third-order valence-electron chi connectivity index (χ3n) is 4.24. The predicted molar refractivity (Wildman–Crippen MR) is 81.7 cm³/mol. The molecule has 0 saturated carbocycles. The van der Waals surface area contributed by atoms with Gasteiger partial charge in [0.1, 0.15) is 5.82 Å². The lowest BCUT2D eigenvalue weighted by molar-refractivity contribution is 0.136. The Labute approximate surface area is 126 Å². The highest BCUT2D eigenvalue weighted by Gasteiger charge is 2.26. The summed E-state index contributed by atoms with van der Waals surface area (Å²) in [5.41, 5.74) is 3.60. The van der Waals surface area contributed by atoms with Crippen molar-refractivity contribution in [3.8, 4) is 0 Å². The van der Waals surface area contributed by atoms with Gasteiger partial charge in [-0.25, -0.2) is 9.97 Å². The van der Waals surface area contributed by atoms with Crippen molar-refractivity contribution in [2.45, 2.75) is 45.7 Å². The number of hydrogen-bond donors (Lipinski definition) is 0. The van der Waals surface area contributed by atoms with Crippen molar-refractivity contribution in [1.29, 1.82) is 0 Å². The summed E-state index contributed by atoms with van der Waals surface area (Å²) in [4.78, 5) is 11.4. The van der Waals surface area contributed by atoms with Gasteiger partial charge in [-0.2, -0.15) is 5.10 Å². The summed E-state index contributed by atoms with van der Waals surface area (Å²) in [5, 5.41) is 4.45. The molecular weight excluding hydrogens is 262 g/mol. The molecule has 0 aliphatic carbocycles. The molecule has 1 aliphatic heterocycles. The van der Waals surface area contributed by atoms with E-state index >= 15 is 0 Å². The van der Waals surface area contributed by atoms with Crippen LogP contribution in [0.5, 0.6) is 0 Å². The lowest BCUT2D eigenvalue weighted by Crippen LogP contribution is -2.33. The Kier molecular flexibility index (Phi) is 4.01. The number of hydrogen-bond acceptors (Lipinski definition) is 4. The topological polar surface area (TPSA) is 46.8 Å². The third kappa shape index (κ3) is 3.13. The second kappa shape index (κ2) is 5.93. The molecule has 0 spiro atoms. The zero-order valence-electron chi connectivity index (χ0n) is 13.1. The Morgan fingerprint density at radius 2 is 2.14 bits per heavy atom. The van der Waals surface area contributed by atoms with E-state index in [0.717, 1.165) is 30.3 Å². The first-order chi connectivity index (χ1) is 10.1. The summed E-state index contributed by atoms with van der Waals surface area (Å²) >= 11 is 0. The SMILES string of the molecule is Cc1nccc([C@@H]2CCCCN2Cc2cn(C)nc2C)n1. The van der Waals surface area contributed by atoms with Crippen LogP contribution in [-0.4, -0.2) is 31.2 Å². The third-order valence-corrected chi connectivity index (χ3v) is 4.24. The summed E-state index contributed by atoms with van der Waals surface area (Å²) in [5.74, 6) is 0.857. The molecule has 3 heterocycles. The summed E-state index contributed by atoms with van der Waals surface area (Å²) in [6.45, 7) is 6.13. The molecule has 0 amide bonds. The quantitative estimate of drug-likeness (QED) is 0.869. The molecule has 5 nitrogen and oxygen atoms in total. The maximum atomic E-state index is 4.64. The van der Waals surface area contributed by atoms with Crippen LogP contribution in [0.1, 0.15) is 48.1 Å². The Morgan fingerprint density at radius 1 is 1.29 bits per heavy atom. The standard InChI is InChI=1S/C16H23N5/c1-12-14(10-20(3)19-12)11-21-9-5-4-6-16(21)15-7-8-17-13(2)18-15/h7-8,10,16H,4-6,9,11H2,1-3H3/t16-/m0/s1. The van der Waals surface area contributed by atoms with Gasteiger partial charge in [0.25, 0.3) is 0 Å². The fraction of sp³-hybridized carbons (Fsp3) is 0.562. The zero-order valence-corrected chi connectivity index (χ0v) is 13.1. The molecule has 0 radical (unpaired) electrons. The van der Waals surface area contributed by atoms with E-state index in [1.165, 1.54) is 24.8 Å². The van der Waals surface area contributed by atoms with E-state index in [1.807, 2.05) is 24.9 Å². The average molecular weight is 285 g/mol. The highest BCUT2D eigenvalue weighted by molar-refractivity contribution is 5.17. The normalized spacial score (nSPS) is 19.9. The molecule has 2 aromatic heterocycles. The highest BCUT2D eigenvalue weighted by Crippen LogP contribution is 2.31. The van der Waals surface area contributed by atoms with E-state index in [9.17, 15) is 0 Å². The monoisotopic (exact) mass is 285 g/mol. The van der Waals surface area contributed by atoms with Crippen molar-refractivity contribution in [1.82, 2.24) is 24.6 Å². The first-order valence-electron chi connectivity index (χ1n) is 7.66. The number of aryl methyl sites for hydroxylation is 3. The fourth-order valence-electron chi connectivity index (χ4n) is 3.20. The summed E-state index contributed by atoms with van der Waals surface area (Å²) in [6.07, 6.45) is 7.72. The lowest BCUT2D eigenvalue weighted by Gasteiger charge is -2.35. The highest BCUT2D eigenvalue weighted by atomic mass is 15.3. The van der Waals surface area contributed by atoms with Crippen molar-refractivity contribution >= 4 is 0 Å². The maximum absolute atomic E-state index is 4.64. The summed E-state index contributed by atoms with van der Waals surface area (Å²) in [6, 6.07) is 2.46. The minimum Gasteiger partial charge on any atom is -0.290 e. The number of piperidine rings is 1. The van der Waals surface area contributed by atoms with E-state index in [4.69, 9.17) is 0 Å². The molecule has 2 aromatic rings. The van der Waals surface area contributed by atoms with Crippen molar-refractivity contribution in [3.63, 3.8) is 0 Å². The van der Waals surface area contributed by atoms with Gasteiger partial charge in [-0.15, -0.1) is 0 Å². The molecular formula is C16H23N5. The van der Waals surface area contributed by atoms with Gasteiger partial charge < -0.3 is 0 Å². The van der Waals surface area contributed by atoms with E-state index < -0.39 is 0 Å². The molecule has 0 bridgehead atoms. The first kappa shape index (κ1) is 14.2. The molecule has 1 fully saturated rings. The van der Waals surface area contributed by atoms with Crippen LogP contribution in [0.15, 0.2) is 18.5 Å². The maximum Gasteiger partial charge on any atom is 0.125 e. The van der Waals surface area contributed by atoms with Gasteiger partial charge >= 0.3 is 0 Å². The molecule has 0 unspecified atom stereocenters. The van der Waals surface area contributed by atoms with Crippen molar-refractivity contribution in [2.24, 2.45) is 7.05 Å². The first-order valence-corrected chi connectivity index (χ1v) is 7.66. The molecule has 21 heavy (non-hydrogen) atoms. The van der Waals surface area contributed by atoms with Gasteiger partial charge in [-0.05, 0) is 39.3 Å². The Balaban J connectivity index is 1.83. The van der Waals surface area contributed by atoms with Crippen LogP contribution in [0.2, 0.25) is 0 Å². The number of rotatable bonds is 3. The van der Waals surface area contributed by atoms with Gasteiger partial charge in [0.15, 0.2) is 0 Å². The van der Waals surface area contributed by atoms with Gasteiger partial charge in [0, 0.05) is 31.5 Å². The van der Waals surface area contributed by atoms with Crippen LogP contribution in [0.25, 0.3) is 0 Å². The minimum absolute atomic E-state index is 0.403. The number of nitrogens with zero attached hydrogens (tertiary/aromatic N) is 5. The average Bonchev–Trinajstić information content (AvgIpc) is 2.77.